The standard InChI is InChI=1S/C21H19ClN2O4S/c1-12-4-3-5-15(19(12)27-2)20(26)24-21(29)23-13-6-8-17(22)16(10-13)18-9-7-14(11-25)28-18/h3-10,25H,11H2,1-2H3,(H2,23,24,26,29). The molecule has 1 heterocycles. The number of methoxy groups -OCH3 is 1. The molecular weight excluding hydrogens is 412 g/mol. The number of furan rings is 1. The Labute approximate surface area is 178 Å². The molecule has 0 bridgehead atoms. The number of amides is 1. The van der Waals surface area contributed by atoms with Gasteiger partial charge in [0.2, 0.25) is 0 Å². The molecule has 0 aliphatic rings. The summed E-state index contributed by atoms with van der Waals surface area (Å²) < 4.78 is 10.9. The van der Waals surface area contributed by atoms with Crippen LogP contribution in [0.3, 0.4) is 0 Å². The zero-order chi connectivity index (χ0) is 21.0. The molecule has 0 spiro atoms. The van der Waals surface area contributed by atoms with E-state index in [0.717, 1.165) is 5.56 Å². The van der Waals surface area contributed by atoms with Crippen molar-refractivity contribution in [1.82, 2.24) is 5.32 Å². The average molecular weight is 431 g/mol. The van der Waals surface area contributed by atoms with Crippen molar-refractivity contribution in [2.24, 2.45) is 0 Å². The first-order chi connectivity index (χ1) is 13.9. The zero-order valence-electron chi connectivity index (χ0n) is 15.8. The van der Waals surface area contributed by atoms with Crippen LogP contribution >= 0.6 is 23.8 Å². The van der Waals surface area contributed by atoms with Crippen LogP contribution in [-0.4, -0.2) is 23.2 Å². The van der Waals surface area contributed by atoms with Gasteiger partial charge in [0.15, 0.2) is 5.11 Å². The highest BCUT2D eigenvalue weighted by atomic mass is 35.5. The number of ether oxygens (including phenoxy) is 1. The van der Waals surface area contributed by atoms with E-state index >= 15 is 0 Å². The number of anilines is 1. The fourth-order valence-corrected chi connectivity index (χ4v) is 3.26. The first-order valence-electron chi connectivity index (χ1n) is 8.68. The van der Waals surface area contributed by atoms with Gasteiger partial charge in [0.05, 0.1) is 17.7 Å². The first kappa shape index (κ1) is 20.9. The third kappa shape index (κ3) is 4.76. The number of rotatable bonds is 5. The topological polar surface area (TPSA) is 83.7 Å². The number of benzene rings is 2. The number of nitrogens with one attached hydrogen (secondary N) is 2. The Morgan fingerprint density at radius 1 is 1.24 bits per heavy atom. The van der Waals surface area contributed by atoms with E-state index in [2.05, 4.69) is 10.6 Å². The largest absolute Gasteiger partial charge is 0.496 e. The lowest BCUT2D eigenvalue weighted by atomic mass is 10.1. The number of thiocarbonyl (C=S) groups is 1. The summed E-state index contributed by atoms with van der Waals surface area (Å²) in [6, 6.07) is 13.9. The van der Waals surface area contributed by atoms with Gasteiger partial charge < -0.3 is 19.6 Å². The molecule has 150 valence electrons. The fourth-order valence-electron chi connectivity index (χ4n) is 2.83. The summed E-state index contributed by atoms with van der Waals surface area (Å²) in [5.41, 5.74) is 2.49. The first-order valence-corrected chi connectivity index (χ1v) is 9.47. The minimum atomic E-state index is -0.379. The number of hydrogen-bond donors (Lipinski definition) is 3. The summed E-state index contributed by atoms with van der Waals surface area (Å²) in [4.78, 5) is 12.6. The Morgan fingerprint density at radius 3 is 2.72 bits per heavy atom. The number of carbonyl (C=O) groups is 1. The Kier molecular flexibility index (Phi) is 6.53. The van der Waals surface area contributed by atoms with Crippen LogP contribution in [-0.2, 0) is 6.61 Å². The maximum absolute atomic E-state index is 12.6. The summed E-state index contributed by atoms with van der Waals surface area (Å²) in [5, 5.41) is 15.4. The van der Waals surface area contributed by atoms with E-state index in [-0.39, 0.29) is 17.6 Å². The van der Waals surface area contributed by atoms with E-state index in [9.17, 15) is 4.79 Å². The lowest BCUT2D eigenvalue weighted by Gasteiger charge is -2.13. The van der Waals surface area contributed by atoms with Crippen molar-refractivity contribution in [1.29, 1.82) is 0 Å². The fraction of sp³-hybridized carbons (Fsp3) is 0.143. The molecule has 0 unspecified atom stereocenters. The molecule has 0 aliphatic carbocycles. The highest BCUT2D eigenvalue weighted by molar-refractivity contribution is 7.80. The minimum absolute atomic E-state index is 0.127. The Hall–Kier alpha value is -2.87. The second-order valence-electron chi connectivity index (χ2n) is 6.18. The number of aliphatic hydroxyl groups is 1. The summed E-state index contributed by atoms with van der Waals surface area (Å²) in [7, 11) is 1.52. The van der Waals surface area contributed by atoms with Gasteiger partial charge in [-0.05, 0) is 61.1 Å². The van der Waals surface area contributed by atoms with Crippen molar-refractivity contribution in [2.75, 3.05) is 12.4 Å². The van der Waals surface area contributed by atoms with Crippen LogP contribution in [0.5, 0.6) is 5.75 Å². The van der Waals surface area contributed by atoms with Gasteiger partial charge in [-0.3, -0.25) is 10.1 Å². The van der Waals surface area contributed by atoms with Gasteiger partial charge in [-0.2, -0.15) is 0 Å². The van der Waals surface area contributed by atoms with Crippen LogP contribution in [0.1, 0.15) is 21.7 Å². The molecule has 1 amide bonds. The SMILES string of the molecule is COc1c(C)cccc1C(=O)NC(=S)Nc1ccc(Cl)c(-c2ccc(CO)o2)c1. The van der Waals surface area contributed by atoms with Crippen LogP contribution in [0.15, 0.2) is 52.9 Å². The van der Waals surface area contributed by atoms with Gasteiger partial charge in [-0.25, -0.2) is 0 Å². The van der Waals surface area contributed by atoms with E-state index in [4.69, 9.17) is 38.1 Å². The summed E-state index contributed by atoms with van der Waals surface area (Å²) in [6.07, 6.45) is 0. The Bertz CT molecular complexity index is 1060. The highest BCUT2D eigenvalue weighted by Crippen LogP contribution is 2.32. The molecule has 29 heavy (non-hydrogen) atoms. The van der Waals surface area contributed by atoms with Crippen molar-refractivity contribution in [3.05, 3.63) is 70.4 Å². The van der Waals surface area contributed by atoms with Crippen molar-refractivity contribution in [2.45, 2.75) is 13.5 Å². The summed E-state index contributed by atoms with van der Waals surface area (Å²) >= 11 is 11.5. The van der Waals surface area contributed by atoms with Crippen molar-refractivity contribution < 1.29 is 19.1 Å². The number of carbonyl (C=O) groups excluding carboxylic acids is 1. The maximum Gasteiger partial charge on any atom is 0.261 e. The number of aliphatic hydroxyl groups excluding tert-OH is 1. The van der Waals surface area contributed by atoms with Crippen molar-refractivity contribution in [3.63, 3.8) is 0 Å². The van der Waals surface area contributed by atoms with Gasteiger partial charge in [-0.1, -0.05) is 23.7 Å². The van der Waals surface area contributed by atoms with Crippen LogP contribution in [0, 0.1) is 6.92 Å². The molecule has 3 aromatic rings. The van der Waals surface area contributed by atoms with E-state index < -0.39 is 0 Å². The number of hydrogen-bond acceptors (Lipinski definition) is 5. The van der Waals surface area contributed by atoms with Gasteiger partial charge >= 0.3 is 0 Å². The smallest absolute Gasteiger partial charge is 0.261 e. The average Bonchev–Trinajstić information content (AvgIpc) is 3.18. The Morgan fingerprint density at radius 2 is 2.03 bits per heavy atom. The summed E-state index contributed by atoms with van der Waals surface area (Å²) in [5.74, 6) is 1.07. The molecule has 0 radical (unpaired) electrons. The van der Waals surface area contributed by atoms with E-state index in [0.29, 0.717) is 39.1 Å². The number of aryl methyl sites for hydroxylation is 1. The maximum atomic E-state index is 12.6. The van der Waals surface area contributed by atoms with Crippen molar-refractivity contribution in [3.8, 4) is 17.1 Å². The quantitative estimate of drug-likeness (QED) is 0.515. The predicted octanol–water partition coefficient (Wildman–Crippen LogP) is 4.54. The minimum Gasteiger partial charge on any atom is -0.496 e. The summed E-state index contributed by atoms with van der Waals surface area (Å²) in [6.45, 7) is 1.66. The van der Waals surface area contributed by atoms with E-state index in [1.807, 2.05) is 13.0 Å². The second kappa shape index (κ2) is 9.09. The zero-order valence-corrected chi connectivity index (χ0v) is 17.4. The van der Waals surface area contributed by atoms with Gasteiger partial charge in [0.25, 0.3) is 5.91 Å². The lowest BCUT2D eigenvalue weighted by molar-refractivity contribution is 0.0974. The Balaban J connectivity index is 1.75. The molecule has 0 saturated heterocycles. The van der Waals surface area contributed by atoms with E-state index in [1.54, 1.807) is 42.5 Å². The lowest BCUT2D eigenvalue weighted by Crippen LogP contribution is -2.34. The molecule has 6 nitrogen and oxygen atoms in total. The molecule has 0 saturated carbocycles. The molecular formula is C21H19ClN2O4S. The highest BCUT2D eigenvalue weighted by Gasteiger charge is 2.16. The van der Waals surface area contributed by atoms with Crippen LogP contribution in [0.25, 0.3) is 11.3 Å². The monoisotopic (exact) mass is 430 g/mol. The molecule has 0 fully saturated rings. The predicted molar refractivity (Wildman–Crippen MR) is 116 cm³/mol. The van der Waals surface area contributed by atoms with Gasteiger partial charge in [0, 0.05) is 11.3 Å². The third-order valence-electron chi connectivity index (χ3n) is 4.19. The normalized spacial score (nSPS) is 10.5. The second-order valence-corrected chi connectivity index (χ2v) is 7.00. The van der Waals surface area contributed by atoms with Crippen LogP contribution in [0.4, 0.5) is 5.69 Å². The molecule has 3 rings (SSSR count). The van der Waals surface area contributed by atoms with Crippen LogP contribution < -0.4 is 15.4 Å². The van der Waals surface area contributed by atoms with Gasteiger partial charge in [0.1, 0.15) is 23.9 Å². The molecule has 2 aromatic carbocycles. The molecule has 0 aliphatic heterocycles. The van der Waals surface area contributed by atoms with Crippen molar-refractivity contribution >= 4 is 40.5 Å². The number of halogens is 1. The molecule has 3 N–H and O–H groups in total. The van der Waals surface area contributed by atoms with Crippen LogP contribution in [0.2, 0.25) is 5.02 Å². The third-order valence-corrected chi connectivity index (χ3v) is 4.73. The van der Waals surface area contributed by atoms with E-state index in [1.165, 1.54) is 7.11 Å². The molecule has 0 atom stereocenters. The number of para-hydroxylation sites is 1. The molecule has 8 heteroatoms. The van der Waals surface area contributed by atoms with Gasteiger partial charge in [-0.15, -0.1) is 0 Å². The molecule has 1 aromatic heterocycles.